The Kier molecular flexibility index (Phi) is 6.13. The lowest BCUT2D eigenvalue weighted by atomic mass is 9.97. The van der Waals surface area contributed by atoms with Crippen LogP contribution in [0.25, 0.3) is 0 Å². The normalized spacial score (nSPS) is 13.8. The summed E-state index contributed by atoms with van der Waals surface area (Å²) in [7, 11) is 1.79. The quantitative estimate of drug-likeness (QED) is 0.693. The second-order valence-electron chi connectivity index (χ2n) is 5.54. The molecule has 0 aliphatic rings. The molecule has 1 aromatic heterocycles. The molecule has 3 N–H and O–H groups in total. The highest BCUT2D eigenvalue weighted by atomic mass is 16.4. The van der Waals surface area contributed by atoms with Gasteiger partial charge in [0.1, 0.15) is 6.33 Å². The van der Waals surface area contributed by atoms with Gasteiger partial charge in [0.05, 0.1) is 12.0 Å². The Morgan fingerprint density at radius 3 is 2.52 bits per heavy atom. The van der Waals surface area contributed by atoms with E-state index in [-0.39, 0.29) is 18.5 Å². The SMILES string of the molecule is CC(C)CC(CNC(=O)NC(C)c1nncn1C)C(=O)O. The molecule has 0 bridgehead atoms. The molecule has 0 saturated heterocycles. The molecule has 118 valence electrons. The predicted octanol–water partition coefficient (Wildman–Crippen LogP) is 0.922. The molecule has 21 heavy (non-hydrogen) atoms. The Morgan fingerprint density at radius 1 is 1.38 bits per heavy atom. The molecule has 0 radical (unpaired) electrons. The zero-order chi connectivity index (χ0) is 16.0. The standard InChI is InChI=1S/C13H23N5O3/c1-8(2)5-10(12(19)20)6-14-13(21)16-9(3)11-17-15-7-18(11)4/h7-10H,5-6H2,1-4H3,(H,19,20)(H2,14,16,21). The van der Waals surface area contributed by atoms with Crippen LogP contribution in [0, 0.1) is 11.8 Å². The van der Waals surface area contributed by atoms with Crippen molar-refractivity contribution in [3.8, 4) is 0 Å². The molecule has 1 rings (SSSR count). The number of carbonyl (C=O) groups is 2. The molecule has 8 nitrogen and oxygen atoms in total. The van der Waals surface area contributed by atoms with Gasteiger partial charge in [-0.15, -0.1) is 10.2 Å². The Bertz CT molecular complexity index is 486. The van der Waals surface area contributed by atoms with E-state index in [0.29, 0.717) is 12.2 Å². The first kappa shape index (κ1) is 16.9. The fourth-order valence-corrected chi connectivity index (χ4v) is 2.05. The summed E-state index contributed by atoms with van der Waals surface area (Å²) >= 11 is 0. The van der Waals surface area contributed by atoms with Crippen molar-refractivity contribution in [2.24, 2.45) is 18.9 Å². The average molecular weight is 297 g/mol. The second-order valence-corrected chi connectivity index (χ2v) is 5.54. The summed E-state index contributed by atoms with van der Waals surface area (Å²) in [6.07, 6.45) is 2.07. The zero-order valence-electron chi connectivity index (χ0n) is 12.8. The van der Waals surface area contributed by atoms with E-state index in [0.717, 1.165) is 0 Å². The summed E-state index contributed by atoms with van der Waals surface area (Å²) in [6.45, 7) is 5.79. The van der Waals surface area contributed by atoms with Gasteiger partial charge in [0.2, 0.25) is 0 Å². The van der Waals surface area contributed by atoms with E-state index in [1.165, 1.54) is 0 Å². The van der Waals surface area contributed by atoms with Crippen molar-refractivity contribution in [2.75, 3.05) is 6.54 Å². The first-order chi connectivity index (χ1) is 9.81. The minimum atomic E-state index is -0.898. The number of carboxylic acid groups (broad SMARTS) is 1. The molecule has 1 heterocycles. The molecular weight excluding hydrogens is 274 g/mol. The van der Waals surface area contributed by atoms with Gasteiger partial charge in [-0.25, -0.2) is 4.79 Å². The first-order valence-electron chi connectivity index (χ1n) is 6.92. The summed E-state index contributed by atoms with van der Waals surface area (Å²) in [6, 6.07) is -0.730. The van der Waals surface area contributed by atoms with Crippen molar-refractivity contribution >= 4 is 12.0 Å². The van der Waals surface area contributed by atoms with Crippen molar-refractivity contribution in [1.29, 1.82) is 0 Å². The maximum Gasteiger partial charge on any atom is 0.315 e. The van der Waals surface area contributed by atoms with Gasteiger partial charge in [0.25, 0.3) is 0 Å². The molecular formula is C13H23N5O3. The third-order valence-electron chi connectivity index (χ3n) is 3.10. The van der Waals surface area contributed by atoms with Crippen molar-refractivity contribution in [3.05, 3.63) is 12.2 Å². The molecule has 0 saturated carbocycles. The van der Waals surface area contributed by atoms with E-state index < -0.39 is 17.9 Å². The molecule has 2 atom stereocenters. The van der Waals surface area contributed by atoms with E-state index in [2.05, 4.69) is 20.8 Å². The largest absolute Gasteiger partial charge is 0.481 e. The van der Waals surface area contributed by atoms with Crippen LogP contribution < -0.4 is 10.6 Å². The molecule has 0 fully saturated rings. The fourth-order valence-electron chi connectivity index (χ4n) is 2.05. The van der Waals surface area contributed by atoms with Gasteiger partial charge < -0.3 is 20.3 Å². The Balaban J connectivity index is 2.46. The van der Waals surface area contributed by atoms with Crippen LogP contribution in [0.1, 0.15) is 39.1 Å². The molecule has 2 unspecified atom stereocenters. The van der Waals surface area contributed by atoms with Crippen LogP contribution in [0.3, 0.4) is 0 Å². The van der Waals surface area contributed by atoms with E-state index in [9.17, 15) is 9.59 Å². The molecule has 1 aromatic rings. The summed E-state index contributed by atoms with van der Waals surface area (Å²) in [5.74, 6) is -0.595. The van der Waals surface area contributed by atoms with Crippen LogP contribution in [0.4, 0.5) is 4.79 Å². The lowest BCUT2D eigenvalue weighted by Crippen LogP contribution is -2.41. The molecule has 0 spiro atoms. The summed E-state index contributed by atoms with van der Waals surface area (Å²) < 4.78 is 1.71. The summed E-state index contributed by atoms with van der Waals surface area (Å²) in [5.41, 5.74) is 0. The number of aromatic nitrogens is 3. The lowest BCUT2D eigenvalue weighted by Gasteiger charge is -2.17. The average Bonchev–Trinajstić information content (AvgIpc) is 2.80. The number of carboxylic acids is 1. The number of nitrogens with zero attached hydrogens (tertiary/aromatic N) is 3. The molecule has 8 heteroatoms. The molecule has 0 aliphatic heterocycles. The van der Waals surface area contributed by atoms with E-state index in [1.54, 1.807) is 24.9 Å². The fraction of sp³-hybridized carbons (Fsp3) is 0.692. The lowest BCUT2D eigenvalue weighted by molar-refractivity contribution is -0.142. The Labute approximate surface area is 123 Å². The maximum absolute atomic E-state index is 11.8. The molecule has 0 aromatic carbocycles. The van der Waals surface area contributed by atoms with Gasteiger partial charge in [0.15, 0.2) is 5.82 Å². The molecule has 0 aliphatic carbocycles. The van der Waals surface area contributed by atoms with Gasteiger partial charge >= 0.3 is 12.0 Å². The number of urea groups is 1. The number of nitrogens with one attached hydrogen (secondary N) is 2. The van der Waals surface area contributed by atoms with Gasteiger partial charge in [-0.3, -0.25) is 4.79 Å². The van der Waals surface area contributed by atoms with Crippen molar-refractivity contribution < 1.29 is 14.7 Å². The zero-order valence-corrected chi connectivity index (χ0v) is 12.8. The van der Waals surface area contributed by atoms with Gasteiger partial charge in [0, 0.05) is 13.6 Å². The highest BCUT2D eigenvalue weighted by Gasteiger charge is 2.20. The number of hydrogen-bond donors (Lipinski definition) is 3. The number of carbonyl (C=O) groups excluding carboxylic acids is 1. The third kappa shape index (κ3) is 5.41. The monoisotopic (exact) mass is 297 g/mol. The van der Waals surface area contributed by atoms with E-state index >= 15 is 0 Å². The third-order valence-corrected chi connectivity index (χ3v) is 3.10. The smallest absolute Gasteiger partial charge is 0.315 e. The number of amides is 2. The molecule has 2 amide bonds. The minimum Gasteiger partial charge on any atom is -0.481 e. The second kappa shape index (κ2) is 7.61. The highest BCUT2D eigenvalue weighted by Crippen LogP contribution is 2.11. The highest BCUT2D eigenvalue weighted by molar-refractivity contribution is 5.76. The number of rotatable bonds is 7. The number of hydrogen-bond acceptors (Lipinski definition) is 4. The Hall–Kier alpha value is -2.12. The minimum absolute atomic E-state index is 0.102. The van der Waals surface area contributed by atoms with Gasteiger partial charge in [-0.05, 0) is 19.3 Å². The van der Waals surface area contributed by atoms with E-state index in [1.807, 2.05) is 13.8 Å². The van der Waals surface area contributed by atoms with Crippen molar-refractivity contribution in [1.82, 2.24) is 25.4 Å². The summed E-state index contributed by atoms with van der Waals surface area (Å²) in [5, 5.41) is 22.1. The maximum atomic E-state index is 11.8. The van der Waals surface area contributed by atoms with Crippen LogP contribution in [0.15, 0.2) is 6.33 Å². The Morgan fingerprint density at radius 2 is 2.05 bits per heavy atom. The van der Waals surface area contributed by atoms with Crippen LogP contribution >= 0.6 is 0 Å². The van der Waals surface area contributed by atoms with Crippen LogP contribution in [0.5, 0.6) is 0 Å². The van der Waals surface area contributed by atoms with E-state index in [4.69, 9.17) is 5.11 Å². The number of aryl methyl sites for hydroxylation is 1. The van der Waals surface area contributed by atoms with Crippen LogP contribution in [0.2, 0.25) is 0 Å². The van der Waals surface area contributed by atoms with Crippen molar-refractivity contribution in [3.63, 3.8) is 0 Å². The van der Waals surface area contributed by atoms with Crippen LogP contribution in [-0.4, -0.2) is 38.4 Å². The topological polar surface area (TPSA) is 109 Å². The number of aliphatic carboxylic acids is 1. The predicted molar refractivity (Wildman–Crippen MR) is 76.5 cm³/mol. The first-order valence-corrected chi connectivity index (χ1v) is 6.92. The van der Waals surface area contributed by atoms with Crippen molar-refractivity contribution in [2.45, 2.75) is 33.2 Å². The van der Waals surface area contributed by atoms with Crippen LogP contribution in [-0.2, 0) is 11.8 Å². The summed E-state index contributed by atoms with van der Waals surface area (Å²) in [4.78, 5) is 22.9. The van der Waals surface area contributed by atoms with Gasteiger partial charge in [-0.1, -0.05) is 13.8 Å². The van der Waals surface area contributed by atoms with Gasteiger partial charge in [-0.2, -0.15) is 0 Å².